The van der Waals surface area contributed by atoms with Crippen LogP contribution in [0.25, 0.3) is 0 Å². The summed E-state index contributed by atoms with van der Waals surface area (Å²) in [6, 6.07) is 5.73. The van der Waals surface area contributed by atoms with Gasteiger partial charge in [0, 0.05) is 13.1 Å². The molecule has 0 radical (unpaired) electrons. The van der Waals surface area contributed by atoms with E-state index in [0.29, 0.717) is 17.9 Å². The molecule has 0 aromatic carbocycles. The molecule has 80 valence electrons. The molecule has 0 spiro atoms. The van der Waals surface area contributed by atoms with Gasteiger partial charge in [0.05, 0.1) is 18.2 Å². The maximum absolute atomic E-state index is 8.59. The van der Waals surface area contributed by atoms with Crippen LogP contribution in [0.4, 0.5) is 17.3 Å². The summed E-state index contributed by atoms with van der Waals surface area (Å²) in [6.45, 7) is 1.96. The highest BCUT2D eigenvalue weighted by molar-refractivity contribution is 5.62. The maximum atomic E-state index is 8.59. The first-order valence-electron chi connectivity index (χ1n) is 4.68. The van der Waals surface area contributed by atoms with E-state index < -0.39 is 0 Å². The Labute approximate surface area is 89.3 Å². The van der Waals surface area contributed by atoms with E-state index in [9.17, 15) is 0 Å². The largest absolute Gasteiger partial charge is 0.396 e. The van der Waals surface area contributed by atoms with Gasteiger partial charge < -0.3 is 16.4 Å². The number of aromatic nitrogens is 1. The van der Waals surface area contributed by atoms with E-state index in [-0.39, 0.29) is 6.04 Å². The molecule has 1 atom stereocenters. The van der Waals surface area contributed by atoms with Crippen LogP contribution < -0.4 is 16.4 Å². The molecule has 4 N–H and O–H groups in total. The van der Waals surface area contributed by atoms with Gasteiger partial charge in [-0.15, -0.1) is 0 Å². The van der Waals surface area contributed by atoms with Gasteiger partial charge in [-0.2, -0.15) is 5.26 Å². The lowest BCUT2D eigenvalue weighted by atomic mass is 10.2. The normalized spacial score (nSPS) is 11.8. The smallest absolute Gasteiger partial charge is 0.149 e. The highest BCUT2D eigenvalue weighted by Crippen LogP contribution is 2.19. The Balaban J connectivity index is 2.87. The number of rotatable bonds is 3. The molecule has 0 aliphatic carbocycles. The second kappa shape index (κ2) is 4.51. The van der Waals surface area contributed by atoms with Crippen molar-refractivity contribution in [3.63, 3.8) is 0 Å². The van der Waals surface area contributed by atoms with Gasteiger partial charge in [-0.25, -0.2) is 4.98 Å². The SMILES string of the molecule is CC(CC#N)N(C)c1ccc(N)c(N)n1. The molecule has 1 aromatic heterocycles. The zero-order valence-electron chi connectivity index (χ0n) is 8.94. The average Bonchev–Trinajstić information content (AvgIpc) is 2.21. The standard InChI is InChI=1S/C10H15N5/c1-7(5-6-11)15(2)9-4-3-8(12)10(13)14-9/h3-4,7H,5,12H2,1-2H3,(H2,13,14). The third-order valence-corrected chi connectivity index (χ3v) is 2.35. The van der Waals surface area contributed by atoms with Gasteiger partial charge in [0.1, 0.15) is 11.6 Å². The van der Waals surface area contributed by atoms with Crippen molar-refractivity contribution >= 4 is 17.3 Å². The van der Waals surface area contributed by atoms with Crippen LogP contribution in [0.1, 0.15) is 13.3 Å². The first-order chi connectivity index (χ1) is 7.06. The monoisotopic (exact) mass is 205 g/mol. The molecule has 15 heavy (non-hydrogen) atoms. The third-order valence-electron chi connectivity index (χ3n) is 2.35. The predicted octanol–water partition coefficient (Wildman–Crippen LogP) is 0.984. The molecule has 5 heteroatoms. The molecular weight excluding hydrogens is 190 g/mol. The van der Waals surface area contributed by atoms with E-state index in [1.54, 1.807) is 12.1 Å². The van der Waals surface area contributed by atoms with Crippen molar-refractivity contribution in [2.75, 3.05) is 23.4 Å². The number of pyridine rings is 1. The molecule has 5 nitrogen and oxygen atoms in total. The minimum absolute atomic E-state index is 0.102. The first kappa shape index (κ1) is 11.1. The first-order valence-corrected chi connectivity index (χ1v) is 4.68. The van der Waals surface area contributed by atoms with Crippen molar-refractivity contribution in [3.05, 3.63) is 12.1 Å². The van der Waals surface area contributed by atoms with Gasteiger partial charge in [-0.1, -0.05) is 0 Å². The summed E-state index contributed by atoms with van der Waals surface area (Å²) in [5.74, 6) is 1.05. The van der Waals surface area contributed by atoms with Crippen LogP contribution in [-0.2, 0) is 0 Å². The van der Waals surface area contributed by atoms with Crippen molar-refractivity contribution in [2.45, 2.75) is 19.4 Å². The summed E-state index contributed by atoms with van der Waals surface area (Å²) in [7, 11) is 1.87. The summed E-state index contributed by atoms with van der Waals surface area (Å²) >= 11 is 0. The molecule has 0 amide bonds. The maximum Gasteiger partial charge on any atom is 0.149 e. The number of nitrogen functional groups attached to an aromatic ring is 2. The van der Waals surface area contributed by atoms with Gasteiger partial charge >= 0.3 is 0 Å². The zero-order valence-corrected chi connectivity index (χ0v) is 8.94. The van der Waals surface area contributed by atoms with Crippen LogP contribution in [0, 0.1) is 11.3 Å². The molecule has 1 rings (SSSR count). The Morgan fingerprint density at radius 3 is 2.73 bits per heavy atom. The third kappa shape index (κ3) is 2.50. The molecule has 0 saturated heterocycles. The molecule has 1 heterocycles. The fourth-order valence-electron chi connectivity index (χ4n) is 1.17. The molecule has 0 aliphatic heterocycles. The lowest BCUT2D eigenvalue weighted by molar-refractivity contribution is 0.694. The molecule has 0 bridgehead atoms. The lowest BCUT2D eigenvalue weighted by Gasteiger charge is -2.24. The number of nitrogens with zero attached hydrogens (tertiary/aromatic N) is 3. The number of nitriles is 1. The predicted molar refractivity (Wildman–Crippen MR) is 61.2 cm³/mol. The number of anilines is 3. The fraction of sp³-hybridized carbons (Fsp3) is 0.400. The highest BCUT2D eigenvalue weighted by Gasteiger charge is 2.11. The summed E-state index contributed by atoms with van der Waals surface area (Å²) < 4.78 is 0. The van der Waals surface area contributed by atoms with Gasteiger partial charge in [0.2, 0.25) is 0 Å². The Kier molecular flexibility index (Phi) is 3.34. The van der Waals surface area contributed by atoms with Gasteiger partial charge in [-0.3, -0.25) is 0 Å². The number of nitrogens with two attached hydrogens (primary N) is 2. The van der Waals surface area contributed by atoms with E-state index in [4.69, 9.17) is 16.7 Å². The van der Waals surface area contributed by atoms with Crippen LogP contribution >= 0.6 is 0 Å². The highest BCUT2D eigenvalue weighted by atomic mass is 15.2. The van der Waals surface area contributed by atoms with E-state index in [0.717, 1.165) is 5.82 Å². The molecule has 1 aromatic rings. The summed E-state index contributed by atoms with van der Waals surface area (Å²) in [4.78, 5) is 6.05. The van der Waals surface area contributed by atoms with Crippen LogP contribution in [0.3, 0.4) is 0 Å². The molecule has 1 unspecified atom stereocenters. The summed E-state index contributed by atoms with van der Waals surface area (Å²) in [5.41, 5.74) is 11.6. The Morgan fingerprint density at radius 2 is 2.20 bits per heavy atom. The second-order valence-electron chi connectivity index (χ2n) is 3.47. The minimum Gasteiger partial charge on any atom is -0.396 e. The quantitative estimate of drug-likeness (QED) is 0.767. The average molecular weight is 205 g/mol. The molecule has 0 fully saturated rings. The fourth-order valence-corrected chi connectivity index (χ4v) is 1.17. The van der Waals surface area contributed by atoms with Gasteiger partial charge in [0.15, 0.2) is 0 Å². The topological polar surface area (TPSA) is 92.0 Å². The van der Waals surface area contributed by atoms with Gasteiger partial charge in [-0.05, 0) is 19.1 Å². The summed E-state index contributed by atoms with van der Waals surface area (Å²) in [5, 5.41) is 8.59. The number of hydrogen-bond acceptors (Lipinski definition) is 5. The van der Waals surface area contributed by atoms with Crippen LogP contribution in [-0.4, -0.2) is 18.1 Å². The minimum atomic E-state index is 0.102. The van der Waals surface area contributed by atoms with E-state index >= 15 is 0 Å². The van der Waals surface area contributed by atoms with Crippen molar-refractivity contribution in [1.29, 1.82) is 5.26 Å². The molecule has 0 saturated carbocycles. The van der Waals surface area contributed by atoms with E-state index in [1.807, 2.05) is 18.9 Å². The summed E-state index contributed by atoms with van der Waals surface area (Å²) in [6.07, 6.45) is 0.447. The van der Waals surface area contributed by atoms with Crippen molar-refractivity contribution in [3.8, 4) is 6.07 Å². The Bertz CT molecular complexity index is 382. The van der Waals surface area contributed by atoms with E-state index in [2.05, 4.69) is 11.1 Å². The number of hydrogen-bond donors (Lipinski definition) is 2. The van der Waals surface area contributed by atoms with Crippen LogP contribution in [0.5, 0.6) is 0 Å². The Morgan fingerprint density at radius 1 is 1.53 bits per heavy atom. The van der Waals surface area contributed by atoms with E-state index in [1.165, 1.54) is 0 Å². The van der Waals surface area contributed by atoms with Crippen LogP contribution in [0.15, 0.2) is 12.1 Å². The lowest BCUT2D eigenvalue weighted by Crippen LogP contribution is -2.29. The van der Waals surface area contributed by atoms with Crippen LogP contribution in [0.2, 0.25) is 0 Å². The second-order valence-corrected chi connectivity index (χ2v) is 3.47. The van der Waals surface area contributed by atoms with Crippen molar-refractivity contribution < 1.29 is 0 Å². The molecule has 0 aliphatic rings. The van der Waals surface area contributed by atoms with Gasteiger partial charge in [0.25, 0.3) is 0 Å². The Hall–Kier alpha value is -1.96. The van der Waals surface area contributed by atoms with Crippen molar-refractivity contribution in [1.82, 2.24) is 4.98 Å². The zero-order chi connectivity index (χ0) is 11.4. The molecular formula is C10H15N5. The van der Waals surface area contributed by atoms with Crippen molar-refractivity contribution in [2.24, 2.45) is 0 Å².